The van der Waals surface area contributed by atoms with E-state index in [4.69, 9.17) is 16.3 Å². The summed E-state index contributed by atoms with van der Waals surface area (Å²) in [6, 6.07) is 17.8. The first-order chi connectivity index (χ1) is 19.2. The van der Waals surface area contributed by atoms with Crippen LogP contribution in [-0.4, -0.2) is 45.0 Å². The maximum absolute atomic E-state index is 13.6. The fourth-order valence-corrected chi connectivity index (χ4v) is 4.95. The van der Waals surface area contributed by atoms with Gasteiger partial charge >= 0.3 is 0 Å². The van der Waals surface area contributed by atoms with Crippen LogP contribution in [0.2, 0.25) is 5.02 Å². The van der Waals surface area contributed by atoms with E-state index in [-0.39, 0.29) is 21.8 Å². The molecule has 1 saturated heterocycles. The Balaban J connectivity index is 1.38. The lowest BCUT2D eigenvalue weighted by Gasteiger charge is -2.30. The van der Waals surface area contributed by atoms with Gasteiger partial charge < -0.3 is 4.74 Å². The van der Waals surface area contributed by atoms with Crippen molar-refractivity contribution in [3.05, 3.63) is 111 Å². The Labute approximate surface area is 233 Å². The smallest absolute Gasteiger partial charge is 0.274 e. The van der Waals surface area contributed by atoms with Crippen molar-refractivity contribution in [1.82, 2.24) is 10.0 Å². The van der Waals surface area contributed by atoms with Gasteiger partial charge in [0.1, 0.15) is 18.0 Å². The van der Waals surface area contributed by atoms with E-state index in [9.17, 15) is 29.3 Å². The molecule has 0 aromatic heterocycles. The molecule has 0 saturated carbocycles. The number of hydrogen-bond donors (Lipinski definition) is 0. The van der Waals surface area contributed by atoms with Crippen LogP contribution in [0.15, 0.2) is 84.9 Å². The zero-order valence-corrected chi connectivity index (χ0v) is 21.7. The zero-order chi connectivity index (χ0) is 28.4. The van der Waals surface area contributed by atoms with Crippen molar-refractivity contribution in [1.29, 1.82) is 0 Å². The number of ketones is 1. The maximum atomic E-state index is 13.6. The number of Topliss-reactive ketones (excluding diaryl/α,β-unsaturated/α-hetero) is 1. The first kappa shape index (κ1) is 26.8. The number of nitrogens with zero attached hydrogens (tertiary/aromatic N) is 3. The van der Waals surface area contributed by atoms with E-state index < -0.39 is 46.8 Å². The van der Waals surface area contributed by atoms with Gasteiger partial charge in [0.15, 0.2) is 5.78 Å². The lowest BCUT2D eigenvalue weighted by Crippen LogP contribution is -2.52. The summed E-state index contributed by atoms with van der Waals surface area (Å²) in [5.41, 5.74) is 0.193. The zero-order valence-electron chi connectivity index (χ0n) is 20.9. The summed E-state index contributed by atoms with van der Waals surface area (Å²) in [4.78, 5) is 63.8. The number of nitro groups is 1. The maximum Gasteiger partial charge on any atom is 0.274 e. The van der Waals surface area contributed by atoms with Crippen molar-refractivity contribution in [2.45, 2.75) is 12.8 Å². The van der Waals surface area contributed by atoms with Crippen molar-refractivity contribution in [2.24, 2.45) is 11.8 Å². The first-order valence-electron chi connectivity index (χ1n) is 12.4. The van der Waals surface area contributed by atoms with Gasteiger partial charge in [-0.3, -0.25) is 29.3 Å². The number of amides is 3. The number of hydrogen-bond acceptors (Lipinski definition) is 7. The molecule has 3 aromatic carbocycles. The third kappa shape index (κ3) is 5.21. The molecule has 1 aliphatic heterocycles. The van der Waals surface area contributed by atoms with Crippen LogP contribution in [0, 0.1) is 22.0 Å². The Bertz CT molecular complexity index is 1510. The topological polar surface area (TPSA) is 127 Å². The Morgan fingerprint density at radius 2 is 1.45 bits per heavy atom. The molecule has 0 N–H and O–H groups in total. The molecule has 2 atom stereocenters. The molecule has 0 bridgehead atoms. The molecule has 1 fully saturated rings. The summed E-state index contributed by atoms with van der Waals surface area (Å²) in [6.07, 6.45) is 4.43. The summed E-state index contributed by atoms with van der Waals surface area (Å²) in [5.74, 6) is -2.77. The largest absolute Gasteiger partial charge is 0.457 e. The monoisotopic (exact) mass is 559 g/mol. The van der Waals surface area contributed by atoms with Crippen LogP contribution >= 0.6 is 11.6 Å². The number of rotatable bonds is 8. The van der Waals surface area contributed by atoms with Gasteiger partial charge in [-0.15, -0.1) is 0 Å². The lowest BCUT2D eigenvalue weighted by molar-refractivity contribution is -0.384. The van der Waals surface area contributed by atoms with Crippen molar-refractivity contribution in [3.63, 3.8) is 0 Å². The van der Waals surface area contributed by atoms with E-state index in [2.05, 4.69) is 0 Å². The molecule has 1 heterocycles. The number of imide groups is 1. The van der Waals surface area contributed by atoms with Crippen molar-refractivity contribution >= 4 is 40.8 Å². The third-order valence-electron chi connectivity index (χ3n) is 6.82. The highest BCUT2D eigenvalue weighted by Gasteiger charge is 2.51. The standard InChI is InChI=1S/C29H22ClN3O7/c30-25-8-4-3-7-24(25)27(35)31(32-28(36)22-5-1-2-6-23(22)29(32)37)17-26(34)18-9-13-20(14-10-18)40-21-15-11-19(12-16-21)33(38)39/h1-4,7-16,22-23H,5-6,17H2/t22-,23-/m0/s1. The highest BCUT2D eigenvalue weighted by molar-refractivity contribution is 6.34. The summed E-state index contributed by atoms with van der Waals surface area (Å²) in [5, 5.41) is 12.6. The van der Waals surface area contributed by atoms with Gasteiger partial charge in [-0.2, -0.15) is 5.01 Å². The molecular weight excluding hydrogens is 538 g/mol. The van der Waals surface area contributed by atoms with Crippen molar-refractivity contribution in [3.8, 4) is 11.5 Å². The van der Waals surface area contributed by atoms with Crippen LogP contribution in [0.3, 0.4) is 0 Å². The van der Waals surface area contributed by atoms with Crippen LogP contribution in [0.5, 0.6) is 11.5 Å². The normalized spacial score (nSPS) is 17.9. The summed E-state index contributed by atoms with van der Waals surface area (Å²) < 4.78 is 5.69. The molecule has 0 radical (unpaired) electrons. The molecule has 0 spiro atoms. The van der Waals surface area contributed by atoms with E-state index in [1.807, 2.05) is 12.2 Å². The molecule has 40 heavy (non-hydrogen) atoms. The van der Waals surface area contributed by atoms with Crippen LogP contribution in [0.1, 0.15) is 33.6 Å². The average molecular weight is 560 g/mol. The van der Waals surface area contributed by atoms with E-state index in [0.29, 0.717) is 24.3 Å². The molecule has 3 amide bonds. The van der Waals surface area contributed by atoms with Crippen LogP contribution < -0.4 is 4.74 Å². The van der Waals surface area contributed by atoms with Gasteiger partial charge in [0.25, 0.3) is 23.4 Å². The number of hydrazine groups is 1. The lowest BCUT2D eigenvalue weighted by atomic mass is 9.85. The minimum absolute atomic E-state index is 0.0532. The molecule has 2 aliphatic rings. The van der Waals surface area contributed by atoms with Crippen molar-refractivity contribution < 1.29 is 28.8 Å². The molecule has 3 aromatic rings. The van der Waals surface area contributed by atoms with Crippen LogP contribution in [-0.2, 0) is 9.59 Å². The molecule has 0 unspecified atom stereocenters. The number of ether oxygens (including phenoxy) is 1. The summed E-state index contributed by atoms with van der Waals surface area (Å²) in [7, 11) is 0. The average Bonchev–Trinajstić information content (AvgIpc) is 3.21. The fourth-order valence-electron chi connectivity index (χ4n) is 4.74. The molecule has 1 aliphatic carbocycles. The molecular formula is C29H22ClN3O7. The number of carbonyl (C=O) groups excluding carboxylic acids is 4. The molecule has 11 heteroatoms. The second kappa shape index (κ2) is 11.1. The Kier molecular flexibility index (Phi) is 7.43. The second-order valence-electron chi connectivity index (χ2n) is 9.29. The first-order valence-corrected chi connectivity index (χ1v) is 12.8. The highest BCUT2D eigenvalue weighted by Crippen LogP contribution is 2.36. The minimum atomic E-state index is -0.745. The molecule has 5 rings (SSSR count). The second-order valence-corrected chi connectivity index (χ2v) is 9.69. The summed E-state index contributed by atoms with van der Waals surface area (Å²) in [6.45, 7) is -0.572. The quantitative estimate of drug-likeness (QED) is 0.121. The van der Waals surface area contributed by atoms with Crippen molar-refractivity contribution in [2.75, 3.05) is 6.54 Å². The van der Waals surface area contributed by atoms with Crippen LogP contribution in [0.25, 0.3) is 0 Å². The number of allylic oxidation sites excluding steroid dienone is 2. The Hall–Kier alpha value is -4.83. The number of nitro benzene ring substituents is 1. The van der Waals surface area contributed by atoms with E-state index >= 15 is 0 Å². The third-order valence-corrected chi connectivity index (χ3v) is 7.15. The van der Waals surface area contributed by atoms with Gasteiger partial charge in [-0.1, -0.05) is 35.9 Å². The predicted octanol–water partition coefficient (Wildman–Crippen LogP) is 5.23. The van der Waals surface area contributed by atoms with E-state index in [1.165, 1.54) is 60.7 Å². The Morgan fingerprint density at radius 1 is 0.900 bits per heavy atom. The number of halogens is 1. The Morgan fingerprint density at radius 3 is 2.00 bits per heavy atom. The van der Waals surface area contributed by atoms with Gasteiger partial charge in [0.2, 0.25) is 0 Å². The number of non-ortho nitro benzene ring substituents is 1. The van der Waals surface area contributed by atoms with Gasteiger partial charge in [-0.25, -0.2) is 5.01 Å². The van der Waals surface area contributed by atoms with Gasteiger partial charge in [-0.05, 0) is 61.4 Å². The van der Waals surface area contributed by atoms with E-state index in [0.717, 1.165) is 10.0 Å². The predicted molar refractivity (Wildman–Crippen MR) is 144 cm³/mol. The van der Waals surface area contributed by atoms with Gasteiger partial charge in [0.05, 0.1) is 27.3 Å². The highest BCUT2D eigenvalue weighted by atomic mass is 35.5. The number of carbonyl (C=O) groups is 4. The number of benzene rings is 3. The fraction of sp³-hybridized carbons (Fsp3) is 0.172. The van der Waals surface area contributed by atoms with Crippen LogP contribution in [0.4, 0.5) is 5.69 Å². The van der Waals surface area contributed by atoms with E-state index in [1.54, 1.807) is 12.1 Å². The molecule has 10 nitrogen and oxygen atoms in total. The minimum Gasteiger partial charge on any atom is -0.457 e. The molecule has 202 valence electrons. The number of fused-ring (bicyclic) bond motifs is 1. The SMILES string of the molecule is O=C(CN(C(=O)c1ccccc1Cl)N1C(=O)[C@H]2CC=CC[C@@H]2C1=O)c1ccc(Oc2ccc([N+](=O)[O-])cc2)cc1. The van der Waals surface area contributed by atoms with Gasteiger partial charge in [0, 0.05) is 17.7 Å². The summed E-state index contributed by atoms with van der Waals surface area (Å²) >= 11 is 6.25.